The van der Waals surface area contributed by atoms with Crippen LogP contribution in [0.2, 0.25) is 5.02 Å². The second-order valence-electron chi connectivity index (χ2n) is 5.41. The maximum atomic E-state index is 12.2. The highest BCUT2D eigenvalue weighted by molar-refractivity contribution is 6.30. The summed E-state index contributed by atoms with van der Waals surface area (Å²) >= 11 is 5.92. The number of carbonyl (C=O) groups is 1. The summed E-state index contributed by atoms with van der Waals surface area (Å²) < 4.78 is 0. The first-order valence-corrected chi connectivity index (χ1v) is 7.18. The number of nitrogens with zero attached hydrogens (tertiary/aromatic N) is 1. The van der Waals surface area contributed by atoms with E-state index in [1.165, 1.54) is 12.8 Å². The highest BCUT2D eigenvalue weighted by Crippen LogP contribution is 2.22. The highest BCUT2D eigenvalue weighted by atomic mass is 35.5. The molecule has 1 aromatic carbocycles. The molecule has 1 aliphatic rings. The molecule has 0 aliphatic heterocycles. The summed E-state index contributed by atoms with van der Waals surface area (Å²) in [5, 5.41) is 3.75. The van der Waals surface area contributed by atoms with Gasteiger partial charge < -0.3 is 10.2 Å². The molecule has 1 aliphatic carbocycles. The summed E-state index contributed by atoms with van der Waals surface area (Å²) in [5.74, 6) is -0.0266. The van der Waals surface area contributed by atoms with Crippen molar-refractivity contribution in [2.24, 2.45) is 0 Å². The van der Waals surface area contributed by atoms with Crippen LogP contribution in [0.25, 0.3) is 0 Å². The van der Waals surface area contributed by atoms with Crippen molar-refractivity contribution in [3.8, 4) is 0 Å². The third-order valence-corrected chi connectivity index (χ3v) is 4.03. The molecule has 0 aromatic heterocycles. The number of halogens is 1. The van der Waals surface area contributed by atoms with Gasteiger partial charge in [-0.3, -0.25) is 4.79 Å². The first-order chi connectivity index (χ1) is 9.08. The van der Waals surface area contributed by atoms with Crippen LogP contribution in [0.4, 0.5) is 0 Å². The summed E-state index contributed by atoms with van der Waals surface area (Å²) in [4.78, 5) is 14.5. The molecule has 0 spiro atoms. The zero-order valence-electron chi connectivity index (χ0n) is 11.5. The second-order valence-corrected chi connectivity index (χ2v) is 5.84. The summed E-state index contributed by atoms with van der Waals surface area (Å²) in [6.45, 7) is 0. The van der Waals surface area contributed by atoms with Crippen molar-refractivity contribution >= 4 is 17.5 Å². The van der Waals surface area contributed by atoms with Gasteiger partial charge in [-0.25, -0.2) is 0 Å². The Bertz CT molecular complexity index is 448. The van der Waals surface area contributed by atoms with E-state index in [9.17, 15) is 4.79 Å². The molecule has 4 heteroatoms. The van der Waals surface area contributed by atoms with Crippen LogP contribution in [0.3, 0.4) is 0 Å². The summed E-state index contributed by atoms with van der Waals surface area (Å²) in [6.07, 6.45) is 4.62. The van der Waals surface area contributed by atoms with E-state index in [2.05, 4.69) is 24.3 Å². The number of likely N-dealkylation sites (N-methyl/N-ethyl adjacent to an activating group) is 1. The Morgan fingerprint density at radius 1 is 1.32 bits per heavy atom. The number of carbonyl (C=O) groups excluding carboxylic acids is 1. The maximum absolute atomic E-state index is 12.2. The van der Waals surface area contributed by atoms with Gasteiger partial charge in [0.2, 0.25) is 0 Å². The lowest BCUT2D eigenvalue weighted by Crippen LogP contribution is -2.51. The van der Waals surface area contributed by atoms with Gasteiger partial charge in [0.05, 0.1) is 0 Å². The van der Waals surface area contributed by atoms with Gasteiger partial charge >= 0.3 is 0 Å². The van der Waals surface area contributed by atoms with E-state index in [1.54, 1.807) is 18.2 Å². The number of hydrogen-bond donors (Lipinski definition) is 1. The number of benzene rings is 1. The summed E-state index contributed by atoms with van der Waals surface area (Å²) in [5.41, 5.74) is 0.635. The van der Waals surface area contributed by atoms with Crippen LogP contribution in [0.15, 0.2) is 24.3 Å². The molecule has 1 saturated carbocycles. The van der Waals surface area contributed by atoms with Gasteiger partial charge in [-0.2, -0.15) is 0 Å². The fourth-order valence-corrected chi connectivity index (χ4v) is 2.97. The van der Waals surface area contributed by atoms with Gasteiger partial charge in [-0.15, -0.1) is 0 Å². The minimum Gasteiger partial charge on any atom is -0.348 e. The Kier molecular flexibility index (Phi) is 4.83. The van der Waals surface area contributed by atoms with Gasteiger partial charge in [-0.05, 0) is 45.1 Å². The second kappa shape index (κ2) is 6.40. The first kappa shape index (κ1) is 14.4. The Morgan fingerprint density at radius 3 is 2.74 bits per heavy atom. The topological polar surface area (TPSA) is 32.3 Å². The Balaban J connectivity index is 2.04. The molecule has 1 amide bonds. The van der Waals surface area contributed by atoms with E-state index >= 15 is 0 Å². The molecule has 0 heterocycles. The minimum absolute atomic E-state index is 0.0266. The molecule has 1 N–H and O–H groups in total. The monoisotopic (exact) mass is 280 g/mol. The third kappa shape index (κ3) is 3.71. The van der Waals surface area contributed by atoms with Crippen LogP contribution >= 0.6 is 11.6 Å². The van der Waals surface area contributed by atoms with Crippen molar-refractivity contribution in [1.82, 2.24) is 10.2 Å². The smallest absolute Gasteiger partial charge is 0.251 e. The molecule has 2 rings (SSSR count). The standard InChI is InChI=1S/C15H21ClN2O/c1-18(2)14-9-4-3-8-13(14)17-15(19)11-6-5-7-12(16)10-11/h5-7,10,13-14H,3-4,8-9H2,1-2H3,(H,17,19)/t13-,14-/m1/s1. The van der Waals surface area contributed by atoms with E-state index < -0.39 is 0 Å². The van der Waals surface area contributed by atoms with Crippen LogP contribution in [0.5, 0.6) is 0 Å². The van der Waals surface area contributed by atoms with Crippen LogP contribution in [-0.4, -0.2) is 37.0 Å². The minimum atomic E-state index is -0.0266. The number of amides is 1. The fourth-order valence-electron chi connectivity index (χ4n) is 2.78. The van der Waals surface area contributed by atoms with Gasteiger partial charge in [0.15, 0.2) is 0 Å². The Labute approximate surface area is 119 Å². The molecule has 0 saturated heterocycles. The van der Waals surface area contributed by atoms with Gasteiger partial charge in [0, 0.05) is 22.7 Å². The zero-order chi connectivity index (χ0) is 13.8. The van der Waals surface area contributed by atoms with E-state index in [0.717, 1.165) is 12.8 Å². The van der Waals surface area contributed by atoms with Crippen LogP contribution in [0, 0.1) is 0 Å². The molecule has 19 heavy (non-hydrogen) atoms. The maximum Gasteiger partial charge on any atom is 0.251 e. The largest absolute Gasteiger partial charge is 0.348 e. The van der Waals surface area contributed by atoms with Crippen molar-refractivity contribution in [3.63, 3.8) is 0 Å². The third-order valence-electron chi connectivity index (χ3n) is 3.80. The quantitative estimate of drug-likeness (QED) is 0.923. The van der Waals surface area contributed by atoms with Gasteiger partial charge in [-0.1, -0.05) is 30.5 Å². The number of rotatable bonds is 3. The lowest BCUT2D eigenvalue weighted by molar-refractivity contribution is 0.0883. The van der Waals surface area contributed by atoms with Crippen molar-refractivity contribution in [2.75, 3.05) is 14.1 Å². The SMILES string of the molecule is CN(C)[C@@H]1CCCC[C@H]1NC(=O)c1cccc(Cl)c1. The van der Waals surface area contributed by atoms with Crippen molar-refractivity contribution in [3.05, 3.63) is 34.9 Å². The average Bonchev–Trinajstić information content (AvgIpc) is 2.39. The molecule has 0 unspecified atom stereocenters. The fraction of sp³-hybridized carbons (Fsp3) is 0.533. The van der Waals surface area contributed by atoms with Crippen LogP contribution < -0.4 is 5.32 Å². The molecule has 1 fully saturated rings. The van der Waals surface area contributed by atoms with E-state index in [1.807, 2.05) is 6.07 Å². The van der Waals surface area contributed by atoms with Crippen LogP contribution in [-0.2, 0) is 0 Å². The van der Waals surface area contributed by atoms with Crippen LogP contribution in [0.1, 0.15) is 36.0 Å². The number of nitrogens with one attached hydrogen (secondary N) is 1. The molecule has 0 radical (unpaired) electrons. The van der Waals surface area contributed by atoms with E-state index in [-0.39, 0.29) is 11.9 Å². The molecule has 104 valence electrons. The molecule has 2 atom stereocenters. The van der Waals surface area contributed by atoms with Gasteiger partial charge in [0.1, 0.15) is 0 Å². The summed E-state index contributed by atoms with van der Waals surface area (Å²) in [7, 11) is 4.16. The Morgan fingerprint density at radius 2 is 2.05 bits per heavy atom. The normalized spacial score (nSPS) is 23.4. The lowest BCUT2D eigenvalue weighted by atomic mass is 9.89. The molecular formula is C15H21ClN2O. The molecule has 1 aromatic rings. The Hall–Kier alpha value is -1.06. The average molecular weight is 281 g/mol. The highest BCUT2D eigenvalue weighted by Gasteiger charge is 2.28. The number of hydrogen-bond acceptors (Lipinski definition) is 2. The predicted molar refractivity (Wildman–Crippen MR) is 78.6 cm³/mol. The predicted octanol–water partition coefficient (Wildman–Crippen LogP) is 2.94. The van der Waals surface area contributed by atoms with E-state index in [4.69, 9.17) is 11.6 Å². The zero-order valence-corrected chi connectivity index (χ0v) is 12.3. The van der Waals surface area contributed by atoms with Crippen molar-refractivity contribution in [2.45, 2.75) is 37.8 Å². The molecular weight excluding hydrogens is 260 g/mol. The molecule has 3 nitrogen and oxygen atoms in total. The summed E-state index contributed by atoms with van der Waals surface area (Å²) in [6, 6.07) is 7.76. The van der Waals surface area contributed by atoms with Crippen molar-refractivity contribution < 1.29 is 4.79 Å². The van der Waals surface area contributed by atoms with Gasteiger partial charge in [0.25, 0.3) is 5.91 Å². The van der Waals surface area contributed by atoms with E-state index in [0.29, 0.717) is 16.6 Å². The lowest BCUT2D eigenvalue weighted by Gasteiger charge is -2.36. The molecule has 0 bridgehead atoms. The first-order valence-electron chi connectivity index (χ1n) is 6.81. The van der Waals surface area contributed by atoms with Crippen molar-refractivity contribution in [1.29, 1.82) is 0 Å².